The van der Waals surface area contributed by atoms with Gasteiger partial charge >= 0.3 is 0 Å². The second-order valence-electron chi connectivity index (χ2n) is 4.21. The summed E-state index contributed by atoms with van der Waals surface area (Å²) in [6.45, 7) is 1.86. The van der Waals surface area contributed by atoms with E-state index in [1.165, 1.54) is 0 Å². The lowest BCUT2D eigenvalue weighted by atomic mass is 10.3. The Hall–Kier alpha value is -1.39. The second kappa shape index (κ2) is 4.85. The predicted molar refractivity (Wildman–Crippen MR) is 71.6 cm³/mol. The first kappa shape index (κ1) is 12.1. The van der Waals surface area contributed by atoms with Crippen LogP contribution in [0.5, 0.6) is 0 Å². The zero-order valence-corrected chi connectivity index (χ0v) is 10.2. The summed E-state index contributed by atoms with van der Waals surface area (Å²) in [5.74, 6) is 0.937. The number of rotatable bonds is 1. The number of aromatic nitrogens is 2. The molecular formula is C12H15ClN4. The maximum Gasteiger partial charge on any atom is 0.147 e. The van der Waals surface area contributed by atoms with Gasteiger partial charge < -0.3 is 10.6 Å². The van der Waals surface area contributed by atoms with Crippen molar-refractivity contribution in [1.82, 2.24) is 9.97 Å². The molecule has 5 heteroatoms. The molecule has 3 rings (SSSR count). The molecule has 1 fully saturated rings. The minimum Gasteiger partial charge on any atom is -0.354 e. The highest BCUT2D eigenvalue weighted by atomic mass is 35.5. The van der Waals surface area contributed by atoms with Crippen molar-refractivity contribution < 1.29 is 0 Å². The number of para-hydroxylation sites is 2. The van der Waals surface area contributed by atoms with Gasteiger partial charge in [0.05, 0.1) is 17.2 Å². The molecule has 0 bridgehead atoms. The number of hydrogen-bond acceptors (Lipinski definition) is 4. The maximum atomic E-state index is 5.89. The summed E-state index contributed by atoms with van der Waals surface area (Å²) in [5, 5.41) is 0. The van der Waals surface area contributed by atoms with Gasteiger partial charge in [0.25, 0.3) is 0 Å². The SMILES string of the molecule is Cl.N[C@@H]1CCN(c2cnc3ccccc3n2)C1. The van der Waals surface area contributed by atoms with Crippen LogP contribution < -0.4 is 10.6 Å². The molecule has 0 saturated carbocycles. The van der Waals surface area contributed by atoms with Gasteiger partial charge in [-0.15, -0.1) is 12.4 Å². The molecule has 1 aliphatic rings. The number of nitrogens with zero attached hydrogens (tertiary/aromatic N) is 3. The fourth-order valence-corrected chi connectivity index (χ4v) is 2.10. The maximum absolute atomic E-state index is 5.89. The first-order valence-electron chi connectivity index (χ1n) is 5.55. The number of fused-ring (bicyclic) bond motifs is 1. The van der Waals surface area contributed by atoms with Crippen LogP contribution in [0.3, 0.4) is 0 Å². The highest BCUT2D eigenvalue weighted by Crippen LogP contribution is 2.19. The van der Waals surface area contributed by atoms with Crippen molar-refractivity contribution in [3.8, 4) is 0 Å². The molecule has 0 amide bonds. The minimum atomic E-state index is 0. The van der Waals surface area contributed by atoms with Crippen LogP contribution in [-0.4, -0.2) is 29.1 Å². The van der Waals surface area contributed by atoms with Crippen LogP contribution in [0.4, 0.5) is 5.82 Å². The highest BCUT2D eigenvalue weighted by Gasteiger charge is 2.20. The van der Waals surface area contributed by atoms with Crippen LogP contribution >= 0.6 is 12.4 Å². The van der Waals surface area contributed by atoms with Crippen LogP contribution in [0.15, 0.2) is 30.5 Å². The summed E-state index contributed by atoms with van der Waals surface area (Å²) in [6, 6.07) is 8.19. The van der Waals surface area contributed by atoms with Gasteiger partial charge in [-0.3, -0.25) is 4.98 Å². The molecule has 0 aliphatic carbocycles. The third-order valence-corrected chi connectivity index (χ3v) is 2.98. The third kappa shape index (κ3) is 2.33. The quantitative estimate of drug-likeness (QED) is 0.835. The van der Waals surface area contributed by atoms with E-state index in [-0.39, 0.29) is 18.4 Å². The first-order chi connectivity index (χ1) is 7.83. The number of nitrogens with two attached hydrogens (primary N) is 1. The zero-order chi connectivity index (χ0) is 11.0. The Labute approximate surface area is 106 Å². The van der Waals surface area contributed by atoms with Gasteiger partial charge in [-0.1, -0.05) is 12.1 Å². The molecule has 1 aromatic carbocycles. The smallest absolute Gasteiger partial charge is 0.147 e. The lowest BCUT2D eigenvalue weighted by Crippen LogP contribution is -2.26. The Morgan fingerprint density at radius 2 is 2.00 bits per heavy atom. The average Bonchev–Trinajstić information content (AvgIpc) is 2.75. The van der Waals surface area contributed by atoms with E-state index in [4.69, 9.17) is 5.73 Å². The van der Waals surface area contributed by atoms with Crippen molar-refractivity contribution in [3.05, 3.63) is 30.5 Å². The molecule has 2 aromatic rings. The molecule has 0 spiro atoms. The second-order valence-corrected chi connectivity index (χ2v) is 4.21. The zero-order valence-electron chi connectivity index (χ0n) is 9.41. The number of halogens is 1. The molecule has 1 saturated heterocycles. The molecule has 2 N–H and O–H groups in total. The summed E-state index contributed by atoms with van der Waals surface area (Å²) < 4.78 is 0. The van der Waals surface area contributed by atoms with E-state index in [2.05, 4.69) is 14.9 Å². The summed E-state index contributed by atoms with van der Waals surface area (Å²) in [5.41, 5.74) is 7.77. The normalized spacial score (nSPS) is 19.4. The summed E-state index contributed by atoms with van der Waals surface area (Å²) in [6.07, 6.45) is 2.87. The van der Waals surface area contributed by atoms with Gasteiger partial charge in [0.15, 0.2) is 0 Å². The molecule has 4 nitrogen and oxygen atoms in total. The predicted octanol–water partition coefficient (Wildman–Crippen LogP) is 1.59. The molecule has 1 aliphatic heterocycles. The molecule has 1 atom stereocenters. The monoisotopic (exact) mass is 250 g/mol. The Morgan fingerprint density at radius 1 is 1.24 bits per heavy atom. The molecule has 17 heavy (non-hydrogen) atoms. The van der Waals surface area contributed by atoms with Crippen molar-refractivity contribution in [1.29, 1.82) is 0 Å². The molecule has 90 valence electrons. The van der Waals surface area contributed by atoms with E-state index in [0.29, 0.717) is 0 Å². The largest absolute Gasteiger partial charge is 0.354 e. The molecular weight excluding hydrogens is 236 g/mol. The number of benzene rings is 1. The number of anilines is 1. The molecule has 0 radical (unpaired) electrons. The summed E-state index contributed by atoms with van der Waals surface area (Å²) >= 11 is 0. The van der Waals surface area contributed by atoms with Gasteiger partial charge in [-0.05, 0) is 18.6 Å². The van der Waals surface area contributed by atoms with Crippen LogP contribution in [0.2, 0.25) is 0 Å². The Bertz CT molecular complexity index is 517. The van der Waals surface area contributed by atoms with Crippen LogP contribution in [0.1, 0.15) is 6.42 Å². The average molecular weight is 251 g/mol. The van der Waals surface area contributed by atoms with E-state index in [1.807, 2.05) is 30.5 Å². The van der Waals surface area contributed by atoms with Crippen molar-refractivity contribution in [2.75, 3.05) is 18.0 Å². The van der Waals surface area contributed by atoms with Gasteiger partial charge in [0.1, 0.15) is 5.82 Å². The minimum absolute atomic E-state index is 0. The Balaban J connectivity index is 0.00000108. The van der Waals surface area contributed by atoms with Gasteiger partial charge in [-0.2, -0.15) is 0 Å². The Kier molecular flexibility index (Phi) is 3.45. The van der Waals surface area contributed by atoms with E-state index in [1.54, 1.807) is 0 Å². The van der Waals surface area contributed by atoms with E-state index in [0.717, 1.165) is 36.4 Å². The molecule has 1 aromatic heterocycles. The van der Waals surface area contributed by atoms with E-state index >= 15 is 0 Å². The van der Waals surface area contributed by atoms with Crippen LogP contribution in [0, 0.1) is 0 Å². The fourth-order valence-electron chi connectivity index (χ4n) is 2.10. The lowest BCUT2D eigenvalue weighted by molar-refractivity contribution is 0.751. The standard InChI is InChI=1S/C12H14N4.ClH/c13-9-5-6-16(8-9)12-7-14-10-3-1-2-4-11(10)15-12;/h1-4,7,9H,5-6,8,13H2;1H/t9-;/m1./s1. The van der Waals surface area contributed by atoms with Crippen molar-refractivity contribution in [2.24, 2.45) is 5.73 Å². The lowest BCUT2D eigenvalue weighted by Gasteiger charge is -2.16. The number of hydrogen-bond donors (Lipinski definition) is 1. The van der Waals surface area contributed by atoms with Crippen molar-refractivity contribution >= 4 is 29.3 Å². The topological polar surface area (TPSA) is 55.0 Å². The van der Waals surface area contributed by atoms with Crippen LogP contribution in [-0.2, 0) is 0 Å². The van der Waals surface area contributed by atoms with Crippen LogP contribution in [0.25, 0.3) is 11.0 Å². The molecule has 0 unspecified atom stereocenters. The van der Waals surface area contributed by atoms with Crippen molar-refractivity contribution in [3.63, 3.8) is 0 Å². The fraction of sp³-hybridized carbons (Fsp3) is 0.333. The molecule has 2 heterocycles. The first-order valence-corrected chi connectivity index (χ1v) is 5.55. The Morgan fingerprint density at radius 3 is 2.71 bits per heavy atom. The van der Waals surface area contributed by atoms with Gasteiger partial charge in [0.2, 0.25) is 0 Å². The van der Waals surface area contributed by atoms with Crippen molar-refractivity contribution in [2.45, 2.75) is 12.5 Å². The highest BCUT2D eigenvalue weighted by molar-refractivity contribution is 5.85. The third-order valence-electron chi connectivity index (χ3n) is 2.98. The van der Waals surface area contributed by atoms with E-state index in [9.17, 15) is 0 Å². The summed E-state index contributed by atoms with van der Waals surface area (Å²) in [4.78, 5) is 11.2. The summed E-state index contributed by atoms with van der Waals surface area (Å²) in [7, 11) is 0. The van der Waals surface area contributed by atoms with E-state index < -0.39 is 0 Å². The van der Waals surface area contributed by atoms with Gasteiger partial charge in [0, 0.05) is 19.1 Å². The van der Waals surface area contributed by atoms with Gasteiger partial charge in [-0.25, -0.2) is 4.98 Å².